The third-order valence-corrected chi connectivity index (χ3v) is 4.65. The fraction of sp³-hybridized carbons (Fsp3) is 0.0455. The molecule has 2 nitrogen and oxygen atoms in total. The number of nitrogens with zero attached hydrogens (tertiary/aromatic N) is 1. The van der Waals surface area contributed by atoms with Crippen LogP contribution in [0.3, 0.4) is 0 Å². The highest BCUT2D eigenvalue weighted by Gasteiger charge is 2.32. The third-order valence-electron chi connectivity index (χ3n) is 4.40. The standard InChI is InChI=1S/C22H16ClNO/c23-18-11-13-19(14-12-18)24-15-20(16-7-3-1-4-8-16)21(22(24)25)17-9-5-2-6-10-17/h1-14H,15H2. The van der Waals surface area contributed by atoms with E-state index in [0.29, 0.717) is 11.6 Å². The van der Waals surface area contributed by atoms with Gasteiger partial charge in [0.15, 0.2) is 0 Å². The fourth-order valence-electron chi connectivity index (χ4n) is 3.18. The number of carbonyl (C=O) groups is 1. The lowest BCUT2D eigenvalue weighted by Gasteiger charge is -2.17. The van der Waals surface area contributed by atoms with E-state index in [2.05, 4.69) is 12.1 Å². The van der Waals surface area contributed by atoms with Gasteiger partial charge in [-0.3, -0.25) is 4.79 Å². The van der Waals surface area contributed by atoms with E-state index >= 15 is 0 Å². The van der Waals surface area contributed by atoms with Crippen molar-refractivity contribution in [1.29, 1.82) is 0 Å². The highest BCUT2D eigenvalue weighted by Crippen LogP contribution is 2.37. The Labute approximate surface area is 152 Å². The van der Waals surface area contributed by atoms with Crippen LogP contribution in [0.15, 0.2) is 84.9 Å². The minimum Gasteiger partial charge on any atom is -0.304 e. The molecule has 1 aliphatic heterocycles. The van der Waals surface area contributed by atoms with Crippen molar-refractivity contribution in [2.75, 3.05) is 11.4 Å². The monoisotopic (exact) mass is 345 g/mol. The number of rotatable bonds is 3. The molecule has 3 aromatic rings. The largest absolute Gasteiger partial charge is 0.304 e. The van der Waals surface area contributed by atoms with Gasteiger partial charge in [-0.25, -0.2) is 0 Å². The van der Waals surface area contributed by atoms with Crippen LogP contribution in [0, 0.1) is 0 Å². The van der Waals surface area contributed by atoms with Gasteiger partial charge in [0.25, 0.3) is 5.91 Å². The van der Waals surface area contributed by atoms with Crippen LogP contribution in [0.5, 0.6) is 0 Å². The second kappa shape index (κ2) is 6.58. The number of benzene rings is 3. The second-order valence-electron chi connectivity index (χ2n) is 5.95. The number of anilines is 1. The van der Waals surface area contributed by atoms with E-state index in [1.54, 1.807) is 4.90 Å². The Kier molecular flexibility index (Phi) is 4.12. The topological polar surface area (TPSA) is 20.3 Å². The third kappa shape index (κ3) is 2.97. The van der Waals surface area contributed by atoms with Gasteiger partial charge < -0.3 is 4.90 Å². The molecule has 1 heterocycles. The summed E-state index contributed by atoms with van der Waals surface area (Å²) in [4.78, 5) is 15.0. The summed E-state index contributed by atoms with van der Waals surface area (Å²) in [6.45, 7) is 0.550. The first-order chi connectivity index (χ1) is 12.2. The molecule has 3 heteroatoms. The van der Waals surface area contributed by atoms with E-state index in [1.165, 1.54) is 0 Å². The van der Waals surface area contributed by atoms with Gasteiger partial charge in [0.1, 0.15) is 0 Å². The number of amides is 1. The van der Waals surface area contributed by atoms with Gasteiger partial charge in [0.2, 0.25) is 0 Å². The van der Waals surface area contributed by atoms with E-state index in [9.17, 15) is 4.79 Å². The molecule has 1 aliphatic rings. The first kappa shape index (κ1) is 15.7. The molecule has 3 aromatic carbocycles. The summed E-state index contributed by atoms with van der Waals surface area (Å²) in [5.74, 6) is 0.0207. The van der Waals surface area contributed by atoms with E-state index in [-0.39, 0.29) is 5.91 Å². The van der Waals surface area contributed by atoms with Crippen molar-refractivity contribution >= 4 is 34.3 Å². The Bertz CT molecular complexity index is 931. The molecule has 0 unspecified atom stereocenters. The van der Waals surface area contributed by atoms with Gasteiger partial charge >= 0.3 is 0 Å². The predicted molar refractivity (Wildman–Crippen MR) is 104 cm³/mol. The zero-order valence-corrected chi connectivity index (χ0v) is 14.3. The molecule has 1 amide bonds. The quantitative estimate of drug-likeness (QED) is 0.631. The second-order valence-corrected chi connectivity index (χ2v) is 6.39. The molecule has 0 atom stereocenters. The highest BCUT2D eigenvalue weighted by atomic mass is 35.5. The van der Waals surface area contributed by atoms with E-state index < -0.39 is 0 Å². The van der Waals surface area contributed by atoms with E-state index in [4.69, 9.17) is 11.6 Å². The SMILES string of the molecule is O=C1C(c2ccccc2)=C(c2ccccc2)CN1c1ccc(Cl)cc1. The average molecular weight is 346 g/mol. The van der Waals surface area contributed by atoms with Crippen molar-refractivity contribution < 1.29 is 4.79 Å². The van der Waals surface area contributed by atoms with Gasteiger partial charge in [-0.15, -0.1) is 0 Å². The highest BCUT2D eigenvalue weighted by molar-refractivity contribution is 6.36. The van der Waals surface area contributed by atoms with Crippen molar-refractivity contribution in [2.45, 2.75) is 0 Å². The number of hydrogen-bond donors (Lipinski definition) is 0. The van der Waals surface area contributed by atoms with Gasteiger partial charge in [-0.05, 0) is 41.0 Å². The summed E-state index contributed by atoms with van der Waals surface area (Å²) in [6, 6.07) is 27.3. The maximum Gasteiger partial charge on any atom is 0.259 e. The Morgan fingerprint density at radius 2 is 1.28 bits per heavy atom. The lowest BCUT2D eigenvalue weighted by atomic mass is 9.97. The molecule has 4 rings (SSSR count). The normalized spacial score (nSPS) is 14.3. The first-order valence-corrected chi connectivity index (χ1v) is 8.53. The number of halogens is 1. The molecular formula is C22H16ClNO. The van der Waals surface area contributed by atoms with Crippen LogP contribution in [0.2, 0.25) is 5.02 Å². The van der Waals surface area contributed by atoms with Crippen molar-refractivity contribution in [3.05, 3.63) is 101 Å². The minimum absolute atomic E-state index is 0.0207. The Morgan fingerprint density at radius 1 is 0.720 bits per heavy atom. The predicted octanol–water partition coefficient (Wildman–Crippen LogP) is 5.30. The zero-order valence-electron chi connectivity index (χ0n) is 13.5. The summed E-state index contributed by atoms with van der Waals surface area (Å²) in [6.07, 6.45) is 0. The van der Waals surface area contributed by atoms with Crippen LogP contribution >= 0.6 is 11.6 Å². The lowest BCUT2D eigenvalue weighted by Crippen LogP contribution is -2.26. The molecule has 0 saturated carbocycles. The molecule has 122 valence electrons. The zero-order chi connectivity index (χ0) is 17.2. The molecule has 0 spiro atoms. The smallest absolute Gasteiger partial charge is 0.259 e. The number of carbonyl (C=O) groups excluding carboxylic acids is 1. The van der Waals surface area contributed by atoms with Crippen LogP contribution in [-0.4, -0.2) is 12.5 Å². The molecule has 0 saturated heterocycles. The summed E-state index contributed by atoms with van der Waals surface area (Å²) in [5.41, 5.74) is 4.69. The lowest BCUT2D eigenvalue weighted by molar-refractivity contribution is -0.112. The fourth-order valence-corrected chi connectivity index (χ4v) is 3.31. The molecule has 0 bridgehead atoms. The number of hydrogen-bond acceptors (Lipinski definition) is 1. The first-order valence-electron chi connectivity index (χ1n) is 8.15. The summed E-state index contributed by atoms with van der Waals surface area (Å²) in [7, 11) is 0. The van der Waals surface area contributed by atoms with Crippen LogP contribution in [0.1, 0.15) is 11.1 Å². The summed E-state index contributed by atoms with van der Waals surface area (Å²) in [5, 5.41) is 0.662. The van der Waals surface area contributed by atoms with Crippen LogP contribution < -0.4 is 4.90 Å². The van der Waals surface area contributed by atoms with Gasteiger partial charge in [0.05, 0.1) is 12.1 Å². The van der Waals surface area contributed by atoms with Crippen LogP contribution in [0.25, 0.3) is 11.1 Å². The van der Waals surface area contributed by atoms with Crippen molar-refractivity contribution in [2.24, 2.45) is 0 Å². The molecule has 0 fully saturated rings. The maximum atomic E-state index is 13.2. The molecule has 0 aromatic heterocycles. The van der Waals surface area contributed by atoms with Gasteiger partial charge in [0, 0.05) is 10.7 Å². The Hall–Kier alpha value is -2.84. The molecule has 0 radical (unpaired) electrons. The van der Waals surface area contributed by atoms with Crippen molar-refractivity contribution in [3.8, 4) is 0 Å². The molecule has 0 N–H and O–H groups in total. The maximum absolute atomic E-state index is 13.2. The Morgan fingerprint density at radius 3 is 1.88 bits per heavy atom. The van der Waals surface area contributed by atoms with Crippen molar-refractivity contribution in [1.82, 2.24) is 0 Å². The van der Waals surface area contributed by atoms with Crippen molar-refractivity contribution in [3.63, 3.8) is 0 Å². The Balaban J connectivity index is 1.82. The molecule has 0 aliphatic carbocycles. The summed E-state index contributed by atoms with van der Waals surface area (Å²) < 4.78 is 0. The van der Waals surface area contributed by atoms with Crippen LogP contribution in [-0.2, 0) is 4.79 Å². The van der Waals surface area contributed by atoms with E-state index in [1.807, 2.05) is 72.8 Å². The molecule has 25 heavy (non-hydrogen) atoms. The molecular weight excluding hydrogens is 330 g/mol. The van der Waals surface area contributed by atoms with Gasteiger partial charge in [-0.1, -0.05) is 72.3 Å². The summed E-state index contributed by atoms with van der Waals surface area (Å²) >= 11 is 5.99. The van der Waals surface area contributed by atoms with Crippen LogP contribution in [0.4, 0.5) is 5.69 Å². The van der Waals surface area contributed by atoms with E-state index in [0.717, 1.165) is 28.0 Å². The average Bonchev–Trinajstić information content (AvgIpc) is 3.01. The van der Waals surface area contributed by atoms with Gasteiger partial charge in [-0.2, -0.15) is 0 Å². The minimum atomic E-state index is 0.0207.